The number of hydrogen-bond acceptors (Lipinski definition) is 6. The lowest BCUT2D eigenvalue weighted by molar-refractivity contribution is -0.274. The van der Waals surface area contributed by atoms with Gasteiger partial charge in [-0.15, -0.1) is 13.2 Å². The Morgan fingerprint density at radius 3 is 2.23 bits per heavy atom. The first kappa shape index (κ1) is 25.7. The Kier molecular flexibility index (Phi) is 6.90. The van der Waals surface area contributed by atoms with Crippen molar-refractivity contribution in [1.29, 1.82) is 0 Å². The molecule has 1 saturated heterocycles. The fourth-order valence-corrected chi connectivity index (χ4v) is 4.06. The number of rotatable bonds is 6. The lowest BCUT2D eigenvalue weighted by Gasteiger charge is -2.28. The van der Waals surface area contributed by atoms with Gasteiger partial charge in [-0.1, -0.05) is 30.3 Å². The third-order valence-corrected chi connectivity index (χ3v) is 5.75. The monoisotopic (exact) mass is 550 g/mol. The number of para-hydroxylation sites is 2. The summed E-state index contributed by atoms with van der Waals surface area (Å²) in [6.07, 6.45) is -3.70. The zero-order chi connectivity index (χ0) is 27.6. The van der Waals surface area contributed by atoms with Gasteiger partial charge in [-0.05, 0) is 79.0 Å². The van der Waals surface area contributed by atoms with E-state index in [9.17, 15) is 22.8 Å². The highest BCUT2D eigenvalue weighted by atomic mass is 32.1. The average molecular weight is 551 g/mol. The normalized spacial score (nSPS) is 14.9. The fraction of sp³-hybridized carbons (Fsp3) is 0.0357. The number of alkyl halides is 3. The van der Waals surface area contributed by atoms with Gasteiger partial charge in [0.15, 0.2) is 5.11 Å². The van der Waals surface area contributed by atoms with E-state index in [1.54, 1.807) is 36.4 Å². The highest BCUT2D eigenvalue weighted by Gasteiger charge is 2.35. The summed E-state index contributed by atoms with van der Waals surface area (Å²) in [6.45, 7) is 0. The number of halogens is 3. The van der Waals surface area contributed by atoms with Crippen LogP contribution in [0.25, 0.3) is 17.4 Å². The molecule has 1 aliphatic heterocycles. The van der Waals surface area contributed by atoms with E-state index in [-0.39, 0.29) is 27.8 Å². The molecule has 2 amide bonds. The van der Waals surface area contributed by atoms with Crippen molar-refractivity contribution in [1.82, 2.24) is 5.32 Å². The van der Waals surface area contributed by atoms with Gasteiger partial charge in [0.25, 0.3) is 11.8 Å². The Morgan fingerprint density at radius 1 is 0.846 bits per heavy atom. The molecule has 1 N–H and O–H groups in total. The van der Waals surface area contributed by atoms with Crippen molar-refractivity contribution in [2.45, 2.75) is 6.36 Å². The maximum absolute atomic E-state index is 13.3. The lowest BCUT2D eigenvalue weighted by Crippen LogP contribution is -2.54. The quantitative estimate of drug-likeness (QED) is 0.168. The van der Waals surface area contributed by atoms with Crippen LogP contribution in [0.1, 0.15) is 5.76 Å². The molecule has 4 aromatic rings. The predicted molar refractivity (Wildman–Crippen MR) is 140 cm³/mol. The van der Waals surface area contributed by atoms with Crippen LogP contribution in [0, 0.1) is 0 Å². The number of nitrogens with one attached hydrogen (secondary N) is 1. The number of hydrogen-bond donors (Lipinski definition) is 1. The van der Waals surface area contributed by atoms with E-state index in [0.717, 1.165) is 11.0 Å². The number of carbonyl (C=O) groups excluding carboxylic acids is 2. The Hall–Kier alpha value is -4.90. The third-order valence-electron chi connectivity index (χ3n) is 5.47. The van der Waals surface area contributed by atoms with Crippen LogP contribution in [0.15, 0.2) is 101 Å². The van der Waals surface area contributed by atoms with Crippen molar-refractivity contribution in [2.75, 3.05) is 4.90 Å². The van der Waals surface area contributed by atoms with Crippen LogP contribution in [0.4, 0.5) is 18.9 Å². The molecule has 0 aliphatic carbocycles. The number of carbonyl (C=O) groups is 2. The molecule has 11 heteroatoms. The third kappa shape index (κ3) is 5.83. The SMILES string of the molecule is O=C1NC(=S)N(c2ccc(Oc3ccccc3)cc2)C(=O)/C1=C/c1ccc(-c2ccccc2OC(F)(F)F)o1. The molecule has 1 fully saturated rings. The number of furan rings is 1. The lowest BCUT2D eigenvalue weighted by atomic mass is 10.1. The summed E-state index contributed by atoms with van der Waals surface area (Å²) in [6, 6.07) is 23.9. The number of thiocarbonyl (C=S) groups is 1. The van der Waals surface area contributed by atoms with E-state index < -0.39 is 23.9 Å². The topological polar surface area (TPSA) is 81.0 Å². The zero-order valence-electron chi connectivity index (χ0n) is 19.8. The molecule has 196 valence electrons. The highest BCUT2D eigenvalue weighted by Crippen LogP contribution is 2.35. The van der Waals surface area contributed by atoms with E-state index in [1.807, 2.05) is 18.2 Å². The molecule has 7 nitrogen and oxygen atoms in total. The minimum absolute atomic E-state index is 0.0412. The molecule has 0 saturated carbocycles. The highest BCUT2D eigenvalue weighted by molar-refractivity contribution is 7.80. The summed E-state index contributed by atoms with van der Waals surface area (Å²) in [5.74, 6) is -0.642. The second kappa shape index (κ2) is 10.5. The standard InChI is InChI=1S/C28H17F3N2O5S/c29-28(30,31)38-24-9-5-4-8-21(24)23-15-14-20(37-23)16-22-25(34)32-27(39)33(26(22)35)17-10-12-19(13-11-17)36-18-6-2-1-3-7-18/h1-16H,(H,32,34,39)/b22-16+. The summed E-state index contributed by atoms with van der Waals surface area (Å²) in [7, 11) is 0. The van der Waals surface area contributed by atoms with Gasteiger partial charge in [-0.3, -0.25) is 19.8 Å². The van der Waals surface area contributed by atoms with Crippen molar-refractivity contribution in [3.8, 4) is 28.6 Å². The predicted octanol–water partition coefficient (Wildman–Crippen LogP) is 6.47. The van der Waals surface area contributed by atoms with Crippen LogP contribution in [0.5, 0.6) is 17.2 Å². The van der Waals surface area contributed by atoms with E-state index in [4.69, 9.17) is 21.4 Å². The van der Waals surface area contributed by atoms with Crippen molar-refractivity contribution >= 4 is 40.9 Å². The molecule has 0 unspecified atom stereocenters. The van der Waals surface area contributed by atoms with E-state index in [0.29, 0.717) is 17.2 Å². The van der Waals surface area contributed by atoms with Crippen LogP contribution in [0.2, 0.25) is 0 Å². The molecule has 2 heterocycles. The van der Waals surface area contributed by atoms with Crippen LogP contribution >= 0.6 is 12.2 Å². The summed E-state index contributed by atoms with van der Waals surface area (Å²) in [5, 5.41) is 2.35. The molecule has 1 aromatic heterocycles. The minimum Gasteiger partial charge on any atom is -0.457 e. The smallest absolute Gasteiger partial charge is 0.457 e. The van der Waals surface area contributed by atoms with Gasteiger partial charge in [0, 0.05) is 0 Å². The maximum Gasteiger partial charge on any atom is 0.573 e. The van der Waals surface area contributed by atoms with Crippen molar-refractivity contribution < 1.29 is 36.7 Å². The number of benzene rings is 3. The molecule has 0 bridgehead atoms. The first-order valence-electron chi connectivity index (χ1n) is 11.4. The number of nitrogens with zero attached hydrogens (tertiary/aromatic N) is 1. The van der Waals surface area contributed by atoms with E-state index in [1.165, 1.54) is 36.4 Å². The molecule has 0 atom stereocenters. The van der Waals surface area contributed by atoms with Crippen molar-refractivity contribution in [3.05, 3.63) is 102 Å². The summed E-state index contributed by atoms with van der Waals surface area (Å²) >= 11 is 5.23. The first-order valence-corrected chi connectivity index (χ1v) is 11.8. The van der Waals surface area contributed by atoms with Crippen LogP contribution in [-0.4, -0.2) is 23.3 Å². The number of anilines is 1. The van der Waals surface area contributed by atoms with Crippen LogP contribution in [0.3, 0.4) is 0 Å². The summed E-state index contributed by atoms with van der Waals surface area (Å²) in [5.41, 5.74) is 0.142. The van der Waals surface area contributed by atoms with Gasteiger partial charge < -0.3 is 13.9 Å². The molecular formula is C28H17F3N2O5S. The van der Waals surface area contributed by atoms with Crippen LogP contribution in [-0.2, 0) is 9.59 Å². The fourth-order valence-electron chi connectivity index (χ4n) is 3.78. The Bertz CT molecular complexity index is 1580. The summed E-state index contributed by atoms with van der Waals surface area (Å²) in [4.78, 5) is 27.1. The first-order chi connectivity index (χ1) is 18.7. The van der Waals surface area contributed by atoms with E-state index in [2.05, 4.69) is 10.1 Å². The van der Waals surface area contributed by atoms with Gasteiger partial charge >= 0.3 is 6.36 Å². The number of ether oxygens (including phenoxy) is 2. The summed E-state index contributed by atoms with van der Waals surface area (Å²) < 4.78 is 53.9. The second-order valence-corrected chi connectivity index (χ2v) is 8.50. The van der Waals surface area contributed by atoms with Gasteiger partial charge in [-0.25, -0.2) is 0 Å². The van der Waals surface area contributed by atoms with Gasteiger partial charge in [0.1, 0.15) is 34.3 Å². The largest absolute Gasteiger partial charge is 0.573 e. The van der Waals surface area contributed by atoms with E-state index >= 15 is 0 Å². The van der Waals surface area contributed by atoms with Crippen molar-refractivity contribution in [2.24, 2.45) is 0 Å². The van der Waals surface area contributed by atoms with Gasteiger partial charge in [-0.2, -0.15) is 0 Å². The Balaban J connectivity index is 1.39. The molecule has 3 aromatic carbocycles. The molecule has 5 rings (SSSR count). The van der Waals surface area contributed by atoms with Crippen LogP contribution < -0.4 is 19.7 Å². The van der Waals surface area contributed by atoms with Crippen molar-refractivity contribution in [3.63, 3.8) is 0 Å². The molecule has 1 aliphatic rings. The van der Waals surface area contributed by atoms with Gasteiger partial charge in [0.2, 0.25) is 0 Å². The second-order valence-electron chi connectivity index (χ2n) is 8.11. The molecule has 39 heavy (non-hydrogen) atoms. The maximum atomic E-state index is 13.3. The Morgan fingerprint density at radius 2 is 1.51 bits per heavy atom. The zero-order valence-corrected chi connectivity index (χ0v) is 20.6. The molecular weight excluding hydrogens is 533 g/mol. The Labute approximate surface area is 225 Å². The average Bonchev–Trinajstić information content (AvgIpc) is 3.36. The molecule has 0 spiro atoms. The van der Waals surface area contributed by atoms with Gasteiger partial charge in [0.05, 0.1) is 11.3 Å². The molecule has 0 radical (unpaired) electrons. The minimum atomic E-state index is -4.89. The number of amides is 2.